The fraction of sp³-hybridized carbons (Fsp3) is 0.625. The maximum atomic E-state index is 5.69. The minimum Gasteiger partial charge on any atom is -0.467 e. The molecule has 15 heavy (non-hydrogen) atoms. The number of nitrogens with zero attached hydrogens (tertiary/aromatic N) is 3. The molecule has 6 nitrogen and oxygen atoms in total. The average molecular weight is 232 g/mol. The lowest BCUT2D eigenvalue weighted by Crippen LogP contribution is -2.39. The molecule has 0 unspecified atom stereocenters. The van der Waals surface area contributed by atoms with Gasteiger partial charge in [0.1, 0.15) is 0 Å². The molecule has 0 aliphatic heterocycles. The highest BCUT2D eigenvalue weighted by atomic mass is 35.5. The van der Waals surface area contributed by atoms with Crippen LogP contribution in [-0.2, 0) is 0 Å². The molecule has 0 radical (unpaired) electrons. The molecule has 0 fully saturated rings. The zero-order chi connectivity index (χ0) is 11.5. The van der Waals surface area contributed by atoms with Crippen LogP contribution in [0.5, 0.6) is 6.01 Å². The van der Waals surface area contributed by atoms with Crippen LogP contribution in [0.4, 0.5) is 5.95 Å². The van der Waals surface area contributed by atoms with Gasteiger partial charge >= 0.3 is 6.01 Å². The molecule has 7 heteroatoms. The number of aromatic nitrogens is 3. The van der Waals surface area contributed by atoms with Gasteiger partial charge in [0.15, 0.2) is 0 Å². The van der Waals surface area contributed by atoms with Crippen LogP contribution in [0.3, 0.4) is 0 Å². The highest BCUT2D eigenvalue weighted by molar-refractivity contribution is 6.28. The van der Waals surface area contributed by atoms with Crippen molar-refractivity contribution >= 4 is 17.5 Å². The number of nitrogens with two attached hydrogens (primary N) is 1. The third-order valence-corrected chi connectivity index (χ3v) is 1.90. The van der Waals surface area contributed by atoms with Crippen molar-refractivity contribution < 1.29 is 4.74 Å². The molecule has 1 aromatic heterocycles. The topological polar surface area (TPSA) is 86.0 Å². The molecule has 0 amide bonds. The number of hydrogen-bond acceptors (Lipinski definition) is 6. The van der Waals surface area contributed by atoms with E-state index in [1.165, 1.54) is 7.11 Å². The highest BCUT2D eigenvalue weighted by Gasteiger charge is 2.17. The molecule has 0 aliphatic carbocycles. The summed E-state index contributed by atoms with van der Waals surface area (Å²) in [6, 6.07) is 0.172. The molecule has 1 aromatic rings. The molecule has 0 saturated heterocycles. The summed E-state index contributed by atoms with van der Waals surface area (Å²) in [5.41, 5.74) is 5.25. The summed E-state index contributed by atoms with van der Waals surface area (Å²) in [4.78, 5) is 11.7. The van der Waals surface area contributed by atoms with E-state index in [1.807, 2.05) is 13.8 Å². The van der Waals surface area contributed by atoms with Gasteiger partial charge in [0.2, 0.25) is 11.2 Å². The van der Waals surface area contributed by atoms with Crippen LogP contribution in [0.25, 0.3) is 0 Å². The van der Waals surface area contributed by atoms with E-state index in [0.717, 1.165) is 0 Å². The molecule has 84 valence electrons. The van der Waals surface area contributed by atoms with E-state index in [-0.39, 0.29) is 16.8 Å². The molecule has 0 atom stereocenters. The molecule has 0 aliphatic rings. The Morgan fingerprint density at radius 1 is 1.40 bits per heavy atom. The maximum absolute atomic E-state index is 5.69. The first-order valence-corrected chi connectivity index (χ1v) is 4.78. The van der Waals surface area contributed by atoms with Gasteiger partial charge in [-0.1, -0.05) is 0 Å². The van der Waals surface area contributed by atoms with Crippen molar-refractivity contribution in [1.29, 1.82) is 0 Å². The van der Waals surface area contributed by atoms with Crippen molar-refractivity contribution in [2.75, 3.05) is 19.0 Å². The second-order valence-electron chi connectivity index (χ2n) is 3.63. The summed E-state index contributed by atoms with van der Waals surface area (Å²) in [5.74, 6) is 0.349. The molecular formula is C8H14ClN5O. The Kier molecular flexibility index (Phi) is 3.65. The number of rotatable bonds is 4. The lowest BCUT2D eigenvalue weighted by atomic mass is 10.1. The van der Waals surface area contributed by atoms with Crippen molar-refractivity contribution in [2.45, 2.75) is 19.4 Å². The van der Waals surface area contributed by atoms with E-state index in [2.05, 4.69) is 20.3 Å². The Hall–Kier alpha value is -1.14. The molecule has 0 bridgehead atoms. The van der Waals surface area contributed by atoms with Crippen LogP contribution in [0.1, 0.15) is 13.8 Å². The summed E-state index contributed by atoms with van der Waals surface area (Å²) in [6.45, 7) is 4.30. The van der Waals surface area contributed by atoms with E-state index in [0.29, 0.717) is 12.5 Å². The minimum atomic E-state index is -0.310. The standard InChI is InChI=1S/C8H14ClN5O/c1-8(2,4-10)14-6-11-5(9)12-7(13-6)15-3/h4,10H2,1-3H3,(H,11,12,13,14). The Bertz CT molecular complexity index is 344. The third-order valence-electron chi connectivity index (χ3n) is 1.73. The summed E-state index contributed by atoms with van der Waals surface area (Å²) >= 11 is 5.69. The molecule has 0 saturated carbocycles. The van der Waals surface area contributed by atoms with Gasteiger partial charge < -0.3 is 15.8 Å². The first-order valence-electron chi connectivity index (χ1n) is 4.40. The van der Waals surface area contributed by atoms with Crippen molar-refractivity contribution in [2.24, 2.45) is 5.73 Å². The van der Waals surface area contributed by atoms with Gasteiger partial charge in [-0.15, -0.1) is 0 Å². The fourth-order valence-corrected chi connectivity index (χ4v) is 0.985. The van der Waals surface area contributed by atoms with Gasteiger partial charge in [0, 0.05) is 12.1 Å². The van der Waals surface area contributed by atoms with E-state index < -0.39 is 0 Å². The molecule has 3 N–H and O–H groups in total. The van der Waals surface area contributed by atoms with E-state index in [4.69, 9.17) is 22.1 Å². The summed E-state index contributed by atoms with van der Waals surface area (Å²) < 4.78 is 4.87. The van der Waals surface area contributed by atoms with Gasteiger partial charge in [-0.3, -0.25) is 0 Å². The van der Waals surface area contributed by atoms with Crippen LogP contribution in [0.15, 0.2) is 0 Å². The molecular weight excluding hydrogens is 218 g/mol. The number of hydrogen-bond donors (Lipinski definition) is 2. The lowest BCUT2D eigenvalue weighted by Gasteiger charge is -2.23. The summed E-state index contributed by atoms with van der Waals surface area (Å²) in [5, 5.41) is 3.11. The van der Waals surface area contributed by atoms with Crippen LogP contribution in [0.2, 0.25) is 5.28 Å². The molecule has 1 heterocycles. The monoisotopic (exact) mass is 231 g/mol. The first kappa shape index (κ1) is 11.9. The number of ether oxygens (including phenoxy) is 1. The van der Waals surface area contributed by atoms with Crippen molar-refractivity contribution in [1.82, 2.24) is 15.0 Å². The second kappa shape index (κ2) is 4.59. The third kappa shape index (κ3) is 3.49. The largest absolute Gasteiger partial charge is 0.467 e. The van der Waals surface area contributed by atoms with Crippen LogP contribution in [-0.4, -0.2) is 34.1 Å². The van der Waals surface area contributed by atoms with Gasteiger partial charge in [0.25, 0.3) is 0 Å². The molecule has 0 spiro atoms. The maximum Gasteiger partial charge on any atom is 0.322 e. The number of nitrogens with one attached hydrogen (secondary N) is 1. The first-order chi connectivity index (χ1) is 6.96. The summed E-state index contributed by atoms with van der Waals surface area (Å²) in [7, 11) is 1.46. The average Bonchev–Trinajstić information content (AvgIpc) is 2.16. The normalized spacial score (nSPS) is 11.3. The second-order valence-corrected chi connectivity index (χ2v) is 3.97. The Labute approximate surface area is 93.2 Å². The highest BCUT2D eigenvalue weighted by Crippen LogP contribution is 2.14. The van der Waals surface area contributed by atoms with Crippen molar-refractivity contribution in [3.05, 3.63) is 5.28 Å². The zero-order valence-corrected chi connectivity index (χ0v) is 9.67. The number of halogens is 1. The van der Waals surface area contributed by atoms with E-state index in [9.17, 15) is 0 Å². The SMILES string of the molecule is COc1nc(Cl)nc(NC(C)(C)CN)n1. The fourth-order valence-electron chi connectivity index (χ4n) is 0.833. The van der Waals surface area contributed by atoms with Gasteiger partial charge in [-0.25, -0.2) is 0 Å². The van der Waals surface area contributed by atoms with Crippen LogP contribution >= 0.6 is 11.6 Å². The van der Waals surface area contributed by atoms with E-state index in [1.54, 1.807) is 0 Å². The van der Waals surface area contributed by atoms with Gasteiger partial charge in [-0.05, 0) is 25.4 Å². The molecule has 1 rings (SSSR count). The van der Waals surface area contributed by atoms with E-state index >= 15 is 0 Å². The molecule has 0 aromatic carbocycles. The lowest BCUT2D eigenvalue weighted by molar-refractivity contribution is 0.378. The zero-order valence-electron chi connectivity index (χ0n) is 8.91. The minimum absolute atomic E-state index is 0.0807. The predicted octanol–water partition coefficient (Wildman–Crippen LogP) is 0.683. The summed E-state index contributed by atoms with van der Waals surface area (Å²) in [6.07, 6.45) is 0. The van der Waals surface area contributed by atoms with Crippen LogP contribution < -0.4 is 15.8 Å². The van der Waals surface area contributed by atoms with Crippen molar-refractivity contribution in [3.63, 3.8) is 0 Å². The Balaban J connectivity index is 2.90. The van der Waals surface area contributed by atoms with Gasteiger partial charge in [-0.2, -0.15) is 15.0 Å². The quantitative estimate of drug-likeness (QED) is 0.793. The van der Waals surface area contributed by atoms with Crippen molar-refractivity contribution in [3.8, 4) is 6.01 Å². The Morgan fingerprint density at radius 3 is 2.60 bits per heavy atom. The Morgan fingerprint density at radius 2 is 2.07 bits per heavy atom. The number of methoxy groups -OCH3 is 1. The predicted molar refractivity (Wildman–Crippen MR) is 58.1 cm³/mol. The van der Waals surface area contributed by atoms with Gasteiger partial charge in [0.05, 0.1) is 7.11 Å². The van der Waals surface area contributed by atoms with Crippen LogP contribution in [0, 0.1) is 0 Å². The number of anilines is 1. The smallest absolute Gasteiger partial charge is 0.322 e.